The molecule has 182 valence electrons. The van der Waals surface area contributed by atoms with Crippen LogP contribution in [0.4, 0.5) is 0 Å². The van der Waals surface area contributed by atoms with Gasteiger partial charge in [0, 0.05) is 9.79 Å². The zero-order valence-electron chi connectivity index (χ0n) is 19.8. The molecule has 2 aliphatic heterocycles. The Balaban J connectivity index is 1.66. The third-order valence-corrected chi connectivity index (χ3v) is 8.45. The maximum atomic E-state index is 13.0. The molecule has 2 aromatic carbocycles. The molecule has 12 heteroatoms. The second-order valence-corrected chi connectivity index (χ2v) is 20.6. The lowest BCUT2D eigenvalue weighted by atomic mass is 10.2. The van der Waals surface area contributed by atoms with Gasteiger partial charge in [0.1, 0.15) is 0 Å². The van der Waals surface area contributed by atoms with Gasteiger partial charge in [-0.15, -0.1) is 0 Å². The first kappa shape index (κ1) is 24.8. The van der Waals surface area contributed by atoms with Gasteiger partial charge < -0.3 is 27.8 Å². The van der Waals surface area contributed by atoms with E-state index >= 15 is 0 Å². The molecule has 2 aliphatic rings. The molecule has 2 heterocycles. The number of hydrogen-bond donors (Lipinski definition) is 0. The Bertz CT molecular complexity index is 1050. The molecule has 0 radical (unpaired) electrons. The van der Waals surface area contributed by atoms with Gasteiger partial charge in [0.05, 0.1) is 11.1 Å². The van der Waals surface area contributed by atoms with Crippen LogP contribution in [0, 0.1) is 0 Å². The first-order chi connectivity index (χ1) is 15.9. The molecule has 4 rings (SSSR count). The molecule has 2 aromatic rings. The first-order valence-corrected chi connectivity index (χ1v) is 19.5. The van der Waals surface area contributed by atoms with Crippen LogP contribution < -0.4 is 18.9 Å². The normalized spacial score (nSPS) is 14.2. The van der Waals surface area contributed by atoms with Crippen LogP contribution in [0.1, 0.15) is 20.7 Å². The molecule has 0 aromatic heterocycles. The maximum absolute atomic E-state index is 13.0. The van der Waals surface area contributed by atoms with E-state index < -0.39 is 28.6 Å². The quantitative estimate of drug-likeness (QED) is 0.312. The van der Waals surface area contributed by atoms with Crippen molar-refractivity contribution >= 4 is 50.2 Å². The van der Waals surface area contributed by atoms with E-state index in [9.17, 15) is 9.59 Å². The minimum absolute atomic E-state index is 0.0912. The number of hydrogen-bond acceptors (Lipinski definition) is 10. The van der Waals surface area contributed by atoms with Crippen molar-refractivity contribution < 1.29 is 37.4 Å². The van der Waals surface area contributed by atoms with Crippen LogP contribution in [0.25, 0.3) is 0 Å². The second-order valence-electron chi connectivity index (χ2n) is 9.57. The largest absolute Gasteiger partial charge is 0.516 e. The standard InChI is InChI=1S/C22H26O8S2Si2/c1-33(2,3)29-21(23)13-7-15-17(27-11-25-15)9-19(13)31-32-20-10-18-16(26-12-28-18)8-14(20)22(24)30-34(4,5)6/h7-10H,11-12H2,1-6H3. The highest BCUT2D eigenvalue weighted by molar-refractivity contribution is 8.76. The molecule has 0 unspecified atom stereocenters. The number of rotatable bonds is 7. The van der Waals surface area contributed by atoms with Crippen molar-refractivity contribution in [2.24, 2.45) is 0 Å². The minimum Gasteiger partial charge on any atom is -0.516 e. The monoisotopic (exact) mass is 538 g/mol. The molecule has 0 spiro atoms. The van der Waals surface area contributed by atoms with Crippen molar-refractivity contribution in [2.45, 2.75) is 49.1 Å². The smallest absolute Gasteiger partial charge is 0.326 e. The summed E-state index contributed by atoms with van der Waals surface area (Å²) in [7, 11) is -1.61. The Kier molecular flexibility index (Phi) is 6.86. The first-order valence-electron chi connectivity index (χ1n) is 10.6. The molecule has 8 nitrogen and oxygen atoms in total. The van der Waals surface area contributed by atoms with Gasteiger partial charge in [0.15, 0.2) is 23.0 Å². The summed E-state index contributed by atoms with van der Waals surface area (Å²) in [5.41, 5.74) is 0.771. The average molecular weight is 539 g/mol. The number of benzene rings is 2. The van der Waals surface area contributed by atoms with Crippen LogP contribution in [0.15, 0.2) is 34.1 Å². The van der Waals surface area contributed by atoms with E-state index in [1.165, 1.54) is 21.6 Å². The highest BCUT2D eigenvalue weighted by Crippen LogP contribution is 2.48. The summed E-state index contributed by atoms with van der Waals surface area (Å²) in [5.74, 6) is 1.28. The zero-order chi connectivity index (χ0) is 24.7. The summed E-state index contributed by atoms with van der Waals surface area (Å²) in [6, 6.07) is 6.81. The molecular formula is C22H26O8S2Si2. The molecule has 0 N–H and O–H groups in total. The summed E-state index contributed by atoms with van der Waals surface area (Å²) >= 11 is 0. The highest BCUT2D eigenvalue weighted by atomic mass is 33.1. The molecule has 0 amide bonds. The number of fused-ring (bicyclic) bond motifs is 2. The number of carbonyl (C=O) groups is 2. The fourth-order valence-electron chi connectivity index (χ4n) is 3.06. The van der Waals surface area contributed by atoms with E-state index in [1.807, 2.05) is 39.3 Å². The molecule has 0 saturated heterocycles. The summed E-state index contributed by atoms with van der Waals surface area (Å²) < 4.78 is 33.4. The Morgan fingerprint density at radius 3 is 1.29 bits per heavy atom. The topological polar surface area (TPSA) is 89.5 Å². The lowest BCUT2D eigenvalue weighted by Gasteiger charge is -2.20. The van der Waals surface area contributed by atoms with Crippen molar-refractivity contribution in [3.63, 3.8) is 0 Å². The van der Waals surface area contributed by atoms with Gasteiger partial charge in [-0.3, -0.25) is 0 Å². The van der Waals surface area contributed by atoms with E-state index in [-0.39, 0.29) is 13.6 Å². The van der Waals surface area contributed by atoms with E-state index in [0.29, 0.717) is 43.9 Å². The average Bonchev–Trinajstić information content (AvgIpc) is 3.36. The van der Waals surface area contributed by atoms with Crippen LogP contribution in [0.5, 0.6) is 23.0 Å². The molecular weight excluding hydrogens is 513 g/mol. The molecule has 0 bridgehead atoms. The van der Waals surface area contributed by atoms with Crippen molar-refractivity contribution in [2.75, 3.05) is 13.6 Å². The van der Waals surface area contributed by atoms with Gasteiger partial charge in [-0.05, 0) is 63.5 Å². The van der Waals surface area contributed by atoms with Crippen LogP contribution in [0.2, 0.25) is 39.3 Å². The van der Waals surface area contributed by atoms with Crippen LogP contribution in [-0.4, -0.2) is 42.2 Å². The van der Waals surface area contributed by atoms with Crippen molar-refractivity contribution in [3.05, 3.63) is 35.4 Å². The Morgan fingerprint density at radius 2 is 0.971 bits per heavy atom. The highest BCUT2D eigenvalue weighted by Gasteiger charge is 2.29. The Labute approximate surface area is 208 Å². The van der Waals surface area contributed by atoms with Crippen LogP contribution >= 0.6 is 21.6 Å². The van der Waals surface area contributed by atoms with Gasteiger partial charge >= 0.3 is 11.9 Å². The summed E-state index contributed by atoms with van der Waals surface area (Å²) in [6.45, 7) is 11.9. The molecule has 34 heavy (non-hydrogen) atoms. The third-order valence-electron chi connectivity index (χ3n) is 4.41. The third kappa shape index (κ3) is 5.85. The van der Waals surface area contributed by atoms with Gasteiger partial charge in [0.2, 0.25) is 30.2 Å². The van der Waals surface area contributed by atoms with Crippen molar-refractivity contribution in [3.8, 4) is 23.0 Å². The lowest BCUT2D eigenvalue weighted by Crippen LogP contribution is -2.29. The summed E-state index contributed by atoms with van der Waals surface area (Å²) in [6.07, 6.45) is 0. The fourth-order valence-corrected chi connectivity index (χ4v) is 6.71. The second kappa shape index (κ2) is 9.40. The van der Waals surface area contributed by atoms with Crippen molar-refractivity contribution in [1.29, 1.82) is 0 Å². The van der Waals surface area contributed by atoms with E-state index in [0.717, 1.165) is 0 Å². The number of ether oxygens (including phenoxy) is 4. The molecule has 0 saturated carbocycles. The predicted octanol–water partition coefficient (Wildman–Crippen LogP) is 5.93. The Hall–Kier alpha value is -2.29. The van der Waals surface area contributed by atoms with Gasteiger partial charge in [-0.2, -0.15) is 0 Å². The molecule has 0 atom stereocenters. The van der Waals surface area contributed by atoms with Gasteiger partial charge in [-0.1, -0.05) is 21.6 Å². The summed E-state index contributed by atoms with van der Waals surface area (Å²) in [5, 5.41) is 0. The fraction of sp³-hybridized carbons (Fsp3) is 0.364. The van der Waals surface area contributed by atoms with E-state index in [1.54, 1.807) is 24.3 Å². The SMILES string of the molecule is C[Si](C)(C)OC(=O)c1cc2c(cc1SSc1cc3c(cc1C(=O)O[Si](C)(C)C)OCO3)OCO2. The van der Waals surface area contributed by atoms with E-state index in [4.69, 9.17) is 27.8 Å². The molecule has 0 aliphatic carbocycles. The van der Waals surface area contributed by atoms with Crippen LogP contribution in [-0.2, 0) is 8.85 Å². The van der Waals surface area contributed by atoms with E-state index in [2.05, 4.69) is 0 Å². The maximum Gasteiger partial charge on any atom is 0.326 e. The van der Waals surface area contributed by atoms with Crippen LogP contribution in [0.3, 0.4) is 0 Å². The minimum atomic E-state index is -2.12. The Morgan fingerprint density at radius 1 is 0.647 bits per heavy atom. The summed E-state index contributed by atoms with van der Waals surface area (Å²) in [4.78, 5) is 27.2. The van der Waals surface area contributed by atoms with Crippen molar-refractivity contribution in [1.82, 2.24) is 0 Å². The number of carbonyl (C=O) groups excluding carboxylic acids is 2. The predicted molar refractivity (Wildman–Crippen MR) is 134 cm³/mol. The van der Waals surface area contributed by atoms with Gasteiger partial charge in [0.25, 0.3) is 0 Å². The van der Waals surface area contributed by atoms with Gasteiger partial charge in [-0.25, -0.2) is 9.59 Å². The molecule has 0 fully saturated rings. The lowest BCUT2D eigenvalue weighted by molar-refractivity contribution is 0.0710. The zero-order valence-corrected chi connectivity index (χ0v) is 23.4.